The Labute approximate surface area is 103 Å². The van der Waals surface area contributed by atoms with Gasteiger partial charge in [-0.15, -0.1) is 5.10 Å². The van der Waals surface area contributed by atoms with Crippen LogP contribution in [0.1, 0.15) is 39.5 Å². The molecule has 1 aromatic heterocycles. The molecule has 4 atom stereocenters. The van der Waals surface area contributed by atoms with E-state index in [1.54, 1.807) is 0 Å². The highest BCUT2D eigenvalue weighted by atomic mass is 15.4. The molecule has 2 bridgehead atoms. The second-order valence-electron chi connectivity index (χ2n) is 5.71. The van der Waals surface area contributed by atoms with Crippen LogP contribution >= 0.6 is 0 Å². The van der Waals surface area contributed by atoms with Gasteiger partial charge < -0.3 is 5.32 Å². The molecule has 94 valence electrons. The number of fused-ring (bicyclic) bond motifs is 2. The number of hydrogen-bond acceptors (Lipinski definition) is 3. The maximum atomic E-state index is 4.07. The fourth-order valence-electron chi connectivity index (χ4n) is 3.85. The topological polar surface area (TPSA) is 42.7 Å². The third kappa shape index (κ3) is 1.94. The minimum absolute atomic E-state index is 0.550. The number of aromatic nitrogens is 3. The van der Waals surface area contributed by atoms with Crippen molar-refractivity contribution in [1.82, 2.24) is 15.0 Å². The van der Waals surface area contributed by atoms with Gasteiger partial charge in [0.1, 0.15) is 5.82 Å². The minimum Gasteiger partial charge on any atom is -0.366 e. The van der Waals surface area contributed by atoms with Gasteiger partial charge in [0.2, 0.25) is 0 Å². The lowest BCUT2D eigenvalue weighted by atomic mass is 9.84. The summed E-state index contributed by atoms with van der Waals surface area (Å²) in [5.74, 6) is 3.91. The van der Waals surface area contributed by atoms with Gasteiger partial charge in [0, 0.05) is 12.6 Å². The Morgan fingerprint density at radius 2 is 2.35 bits per heavy atom. The molecular formula is C13H22N4. The van der Waals surface area contributed by atoms with Crippen LogP contribution in [-0.2, 0) is 6.54 Å². The summed E-state index contributed by atoms with van der Waals surface area (Å²) in [7, 11) is 0. The molecule has 0 aliphatic heterocycles. The molecular weight excluding hydrogens is 212 g/mol. The van der Waals surface area contributed by atoms with Crippen molar-refractivity contribution in [3.8, 4) is 0 Å². The van der Waals surface area contributed by atoms with E-state index in [1.807, 2.05) is 10.9 Å². The van der Waals surface area contributed by atoms with Crippen molar-refractivity contribution in [3.63, 3.8) is 0 Å². The summed E-state index contributed by atoms with van der Waals surface area (Å²) in [4.78, 5) is 0. The van der Waals surface area contributed by atoms with Crippen LogP contribution in [0.5, 0.6) is 0 Å². The van der Waals surface area contributed by atoms with Gasteiger partial charge in [-0.3, -0.25) is 0 Å². The molecule has 1 aromatic rings. The largest absolute Gasteiger partial charge is 0.366 e. The lowest BCUT2D eigenvalue weighted by Gasteiger charge is -2.29. The number of rotatable bonds is 4. The second kappa shape index (κ2) is 4.31. The Balaban J connectivity index is 1.65. The first-order chi connectivity index (χ1) is 8.28. The normalized spacial score (nSPS) is 32.9. The Hall–Kier alpha value is -1.06. The maximum absolute atomic E-state index is 4.07. The Kier molecular flexibility index (Phi) is 2.81. The molecule has 0 radical (unpaired) electrons. The van der Waals surface area contributed by atoms with Crippen LogP contribution in [0.4, 0.5) is 5.82 Å². The number of anilines is 1. The number of nitrogens with one attached hydrogen (secondary N) is 1. The van der Waals surface area contributed by atoms with Gasteiger partial charge in [0.05, 0.1) is 6.20 Å². The molecule has 1 heterocycles. The summed E-state index contributed by atoms with van der Waals surface area (Å²) in [5.41, 5.74) is 0. The zero-order chi connectivity index (χ0) is 11.8. The van der Waals surface area contributed by atoms with E-state index in [4.69, 9.17) is 0 Å². The zero-order valence-electron chi connectivity index (χ0n) is 10.8. The molecule has 0 amide bonds. The van der Waals surface area contributed by atoms with Crippen molar-refractivity contribution in [3.05, 3.63) is 6.20 Å². The first-order valence-electron chi connectivity index (χ1n) is 6.93. The van der Waals surface area contributed by atoms with E-state index in [-0.39, 0.29) is 0 Å². The summed E-state index contributed by atoms with van der Waals surface area (Å²) in [6.45, 7) is 5.30. The molecule has 4 unspecified atom stereocenters. The van der Waals surface area contributed by atoms with E-state index >= 15 is 0 Å². The SMILES string of the molecule is CCn1nncc1NC(C)C1CC2CCC1C2. The predicted molar refractivity (Wildman–Crippen MR) is 67.7 cm³/mol. The van der Waals surface area contributed by atoms with Crippen LogP contribution in [0.2, 0.25) is 0 Å². The average molecular weight is 234 g/mol. The highest BCUT2D eigenvalue weighted by Crippen LogP contribution is 2.49. The predicted octanol–water partition coefficient (Wildman–Crippen LogP) is 2.53. The molecule has 0 aromatic carbocycles. The van der Waals surface area contributed by atoms with Crippen LogP contribution < -0.4 is 5.32 Å². The molecule has 1 N–H and O–H groups in total. The van der Waals surface area contributed by atoms with E-state index in [0.717, 1.165) is 30.1 Å². The average Bonchev–Trinajstić information content (AvgIpc) is 3.03. The first-order valence-corrected chi connectivity index (χ1v) is 6.93. The highest BCUT2D eigenvalue weighted by molar-refractivity contribution is 5.32. The molecule has 4 heteroatoms. The van der Waals surface area contributed by atoms with Crippen molar-refractivity contribution in [1.29, 1.82) is 0 Å². The molecule has 17 heavy (non-hydrogen) atoms. The lowest BCUT2D eigenvalue weighted by Crippen LogP contribution is -2.30. The lowest BCUT2D eigenvalue weighted by molar-refractivity contribution is 0.303. The van der Waals surface area contributed by atoms with Gasteiger partial charge in [-0.1, -0.05) is 11.6 Å². The summed E-state index contributed by atoms with van der Waals surface area (Å²) in [6.07, 6.45) is 7.66. The van der Waals surface area contributed by atoms with Crippen molar-refractivity contribution < 1.29 is 0 Å². The number of aryl methyl sites for hydroxylation is 1. The quantitative estimate of drug-likeness (QED) is 0.870. The van der Waals surface area contributed by atoms with E-state index in [0.29, 0.717) is 6.04 Å². The fourth-order valence-corrected chi connectivity index (χ4v) is 3.85. The van der Waals surface area contributed by atoms with Crippen molar-refractivity contribution in [2.24, 2.45) is 17.8 Å². The third-order valence-corrected chi connectivity index (χ3v) is 4.73. The van der Waals surface area contributed by atoms with E-state index < -0.39 is 0 Å². The number of nitrogens with zero attached hydrogens (tertiary/aromatic N) is 3. The van der Waals surface area contributed by atoms with Gasteiger partial charge in [0.15, 0.2) is 0 Å². The van der Waals surface area contributed by atoms with Crippen LogP contribution in [0.25, 0.3) is 0 Å². The van der Waals surface area contributed by atoms with Crippen LogP contribution in [0.15, 0.2) is 6.20 Å². The first kappa shape index (κ1) is 11.1. The van der Waals surface area contributed by atoms with Crippen molar-refractivity contribution in [2.75, 3.05) is 5.32 Å². The zero-order valence-corrected chi connectivity index (χ0v) is 10.8. The van der Waals surface area contributed by atoms with Crippen LogP contribution in [-0.4, -0.2) is 21.0 Å². The summed E-state index contributed by atoms with van der Waals surface area (Å²) >= 11 is 0. The summed E-state index contributed by atoms with van der Waals surface area (Å²) < 4.78 is 1.93. The summed E-state index contributed by atoms with van der Waals surface area (Å²) in [5, 5.41) is 11.6. The monoisotopic (exact) mass is 234 g/mol. The minimum atomic E-state index is 0.550. The van der Waals surface area contributed by atoms with Gasteiger partial charge in [-0.2, -0.15) is 0 Å². The molecule has 2 aliphatic carbocycles. The van der Waals surface area contributed by atoms with Crippen molar-refractivity contribution in [2.45, 2.75) is 52.1 Å². The molecule has 2 fully saturated rings. The Morgan fingerprint density at radius 3 is 3.00 bits per heavy atom. The van der Waals surface area contributed by atoms with Crippen LogP contribution in [0, 0.1) is 17.8 Å². The molecule has 3 rings (SSSR count). The highest BCUT2D eigenvalue weighted by Gasteiger charge is 2.41. The summed E-state index contributed by atoms with van der Waals surface area (Å²) in [6, 6.07) is 0.550. The van der Waals surface area contributed by atoms with Crippen LogP contribution in [0.3, 0.4) is 0 Å². The molecule has 4 nitrogen and oxygen atoms in total. The van der Waals surface area contributed by atoms with Gasteiger partial charge in [0.25, 0.3) is 0 Å². The third-order valence-electron chi connectivity index (χ3n) is 4.73. The molecule has 0 spiro atoms. The Bertz CT molecular complexity index is 387. The van der Waals surface area contributed by atoms with Gasteiger partial charge in [-0.05, 0) is 50.9 Å². The maximum Gasteiger partial charge on any atom is 0.145 e. The second-order valence-corrected chi connectivity index (χ2v) is 5.71. The molecule has 2 saturated carbocycles. The van der Waals surface area contributed by atoms with Gasteiger partial charge >= 0.3 is 0 Å². The molecule has 2 aliphatic rings. The van der Waals surface area contributed by atoms with E-state index in [9.17, 15) is 0 Å². The van der Waals surface area contributed by atoms with Crippen molar-refractivity contribution >= 4 is 5.82 Å². The number of hydrogen-bond donors (Lipinski definition) is 1. The van der Waals surface area contributed by atoms with Gasteiger partial charge in [-0.25, -0.2) is 4.68 Å². The van der Waals surface area contributed by atoms with E-state index in [2.05, 4.69) is 29.5 Å². The standard InChI is InChI=1S/C13H22N4/c1-3-17-13(8-14-16-17)15-9(2)12-7-10-4-5-11(12)6-10/h8-12,15H,3-7H2,1-2H3. The Morgan fingerprint density at radius 1 is 1.47 bits per heavy atom. The van der Waals surface area contributed by atoms with E-state index in [1.165, 1.54) is 25.7 Å². The molecule has 0 saturated heterocycles. The fraction of sp³-hybridized carbons (Fsp3) is 0.846. The smallest absolute Gasteiger partial charge is 0.145 e.